The summed E-state index contributed by atoms with van der Waals surface area (Å²) in [6.45, 7) is 3.09. The lowest BCUT2D eigenvalue weighted by Crippen LogP contribution is -2.18. The van der Waals surface area contributed by atoms with E-state index in [9.17, 15) is 5.11 Å². The first kappa shape index (κ1) is 11.3. The number of aryl methyl sites for hydroxylation is 1. The number of rotatable bonds is 4. The Balaban J connectivity index is 1.70. The van der Waals surface area contributed by atoms with Crippen LogP contribution >= 0.6 is 0 Å². The van der Waals surface area contributed by atoms with Gasteiger partial charge in [-0.25, -0.2) is 0 Å². The highest BCUT2D eigenvalue weighted by Gasteiger charge is 2.43. The molecule has 1 N–H and O–H groups in total. The number of aliphatic hydroxyl groups excluding tert-OH is 1. The lowest BCUT2D eigenvalue weighted by Gasteiger charge is -2.26. The van der Waals surface area contributed by atoms with Crippen LogP contribution in [0, 0.1) is 17.8 Å². The van der Waals surface area contributed by atoms with Gasteiger partial charge in [-0.1, -0.05) is 13.3 Å². The van der Waals surface area contributed by atoms with Gasteiger partial charge in [-0.15, -0.1) is 0 Å². The first-order valence-electron chi connectivity index (χ1n) is 6.98. The molecule has 2 aliphatic carbocycles. The van der Waals surface area contributed by atoms with Crippen molar-refractivity contribution in [1.82, 2.24) is 9.78 Å². The van der Waals surface area contributed by atoms with Crippen LogP contribution in [0.15, 0.2) is 12.4 Å². The fourth-order valence-electron chi connectivity index (χ4n) is 3.81. The Labute approximate surface area is 103 Å². The van der Waals surface area contributed by atoms with Gasteiger partial charge >= 0.3 is 0 Å². The Hall–Kier alpha value is -0.830. The maximum Gasteiger partial charge on any atom is 0.0851 e. The van der Waals surface area contributed by atoms with Gasteiger partial charge in [0.2, 0.25) is 0 Å². The Bertz CT molecular complexity index is 387. The van der Waals surface area contributed by atoms with Gasteiger partial charge in [-0.2, -0.15) is 5.10 Å². The first-order valence-corrected chi connectivity index (χ1v) is 6.98. The Morgan fingerprint density at radius 2 is 2.35 bits per heavy atom. The fourth-order valence-corrected chi connectivity index (χ4v) is 3.81. The first-order chi connectivity index (χ1) is 8.28. The van der Waals surface area contributed by atoms with E-state index in [1.54, 1.807) is 0 Å². The Kier molecular flexibility index (Phi) is 2.95. The summed E-state index contributed by atoms with van der Waals surface area (Å²) >= 11 is 0. The lowest BCUT2D eigenvalue weighted by molar-refractivity contribution is 0.0744. The van der Waals surface area contributed by atoms with E-state index in [-0.39, 0.29) is 6.10 Å². The smallest absolute Gasteiger partial charge is 0.0851 e. The molecule has 1 aromatic rings. The molecule has 4 unspecified atom stereocenters. The molecule has 3 heteroatoms. The second-order valence-electron chi connectivity index (χ2n) is 5.82. The van der Waals surface area contributed by atoms with Crippen LogP contribution < -0.4 is 0 Å². The van der Waals surface area contributed by atoms with E-state index < -0.39 is 0 Å². The summed E-state index contributed by atoms with van der Waals surface area (Å²) in [5.41, 5.74) is 1.02. The van der Waals surface area contributed by atoms with Gasteiger partial charge in [0.25, 0.3) is 0 Å². The van der Waals surface area contributed by atoms with Crippen LogP contribution in [0.2, 0.25) is 0 Å². The summed E-state index contributed by atoms with van der Waals surface area (Å²) < 4.78 is 1.95. The van der Waals surface area contributed by atoms with Crippen molar-refractivity contribution in [2.24, 2.45) is 17.8 Å². The second-order valence-corrected chi connectivity index (χ2v) is 5.82. The minimum atomic E-state index is -0.282. The molecule has 0 saturated heterocycles. The lowest BCUT2D eigenvalue weighted by atomic mass is 9.83. The molecule has 2 aliphatic rings. The van der Waals surface area contributed by atoms with Crippen molar-refractivity contribution in [2.75, 3.05) is 0 Å². The molecular weight excluding hydrogens is 212 g/mol. The summed E-state index contributed by atoms with van der Waals surface area (Å²) in [4.78, 5) is 0. The van der Waals surface area contributed by atoms with Crippen LogP contribution in [-0.4, -0.2) is 14.9 Å². The molecular formula is C14H22N2O. The van der Waals surface area contributed by atoms with Gasteiger partial charge in [-0.3, -0.25) is 4.68 Å². The maximum atomic E-state index is 10.5. The highest BCUT2D eigenvalue weighted by molar-refractivity contribution is 5.11. The van der Waals surface area contributed by atoms with Gasteiger partial charge in [0.05, 0.1) is 12.3 Å². The predicted octanol–water partition coefficient (Wildman–Crippen LogP) is 2.76. The van der Waals surface area contributed by atoms with E-state index in [4.69, 9.17) is 0 Å². The van der Waals surface area contributed by atoms with E-state index >= 15 is 0 Å². The molecule has 3 rings (SSSR count). The molecule has 0 spiro atoms. The van der Waals surface area contributed by atoms with Crippen LogP contribution in [0.3, 0.4) is 0 Å². The minimum absolute atomic E-state index is 0.282. The van der Waals surface area contributed by atoms with Crippen LogP contribution in [0.1, 0.15) is 50.7 Å². The molecule has 0 aliphatic heterocycles. The number of fused-ring (bicyclic) bond motifs is 2. The van der Waals surface area contributed by atoms with Crippen molar-refractivity contribution in [2.45, 2.75) is 51.7 Å². The predicted molar refractivity (Wildman–Crippen MR) is 66.4 cm³/mol. The van der Waals surface area contributed by atoms with Crippen molar-refractivity contribution < 1.29 is 5.11 Å². The topological polar surface area (TPSA) is 38.0 Å². The van der Waals surface area contributed by atoms with E-state index in [0.29, 0.717) is 5.92 Å². The van der Waals surface area contributed by atoms with Gasteiger partial charge in [0.15, 0.2) is 0 Å². The third-order valence-corrected chi connectivity index (χ3v) is 4.65. The zero-order chi connectivity index (χ0) is 11.8. The zero-order valence-electron chi connectivity index (χ0n) is 10.5. The van der Waals surface area contributed by atoms with Crippen molar-refractivity contribution in [3.05, 3.63) is 18.0 Å². The van der Waals surface area contributed by atoms with Crippen LogP contribution in [-0.2, 0) is 6.54 Å². The largest absolute Gasteiger partial charge is 0.388 e. The molecule has 4 atom stereocenters. The molecule has 2 saturated carbocycles. The van der Waals surface area contributed by atoms with Gasteiger partial charge < -0.3 is 5.11 Å². The summed E-state index contributed by atoms with van der Waals surface area (Å²) in [5.74, 6) is 2.16. The Morgan fingerprint density at radius 1 is 1.47 bits per heavy atom. The van der Waals surface area contributed by atoms with Crippen LogP contribution in [0.4, 0.5) is 0 Å². The van der Waals surface area contributed by atoms with Crippen molar-refractivity contribution in [3.63, 3.8) is 0 Å². The van der Waals surface area contributed by atoms with Gasteiger partial charge in [0.1, 0.15) is 0 Å². The SMILES string of the molecule is CCCn1cc(C(O)C2CC3CCC2C3)cn1. The molecule has 3 nitrogen and oxygen atoms in total. The molecule has 0 amide bonds. The van der Waals surface area contributed by atoms with Crippen LogP contribution in [0.5, 0.6) is 0 Å². The molecule has 17 heavy (non-hydrogen) atoms. The number of aliphatic hydroxyl groups is 1. The molecule has 94 valence electrons. The number of nitrogens with zero attached hydrogens (tertiary/aromatic N) is 2. The molecule has 2 fully saturated rings. The van der Waals surface area contributed by atoms with Crippen LogP contribution in [0.25, 0.3) is 0 Å². The van der Waals surface area contributed by atoms with Crippen molar-refractivity contribution in [3.8, 4) is 0 Å². The monoisotopic (exact) mass is 234 g/mol. The Morgan fingerprint density at radius 3 is 3.00 bits per heavy atom. The number of hydrogen-bond donors (Lipinski definition) is 1. The second kappa shape index (κ2) is 4.45. The van der Waals surface area contributed by atoms with Gasteiger partial charge in [-0.05, 0) is 43.4 Å². The average Bonchev–Trinajstić information content (AvgIpc) is 3.03. The standard InChI is InChI=1S/C14H22N2O/c1-2-5-16-9-12(8-15-16)14(17)13-7-10-3-4-11(13)6-10/h8-11,13-14,17H,2-7H2,1H3. The third-order valence-electron chi connectivity index (χ3n) is 4.65. The quantitative estimate of drug-likeness (QED) is 0.870. The normalized spacial score (nSPS) is 33.2. The molecule has 1 aromatic heterocycles. The molecule has 1 heterocycles. The van der Waals surface area contributed by atoms with E-state index in [2.05, 4.69) is 12.0 Å². The zero-order valence-corrected chi connectivity index (χ0v) is 10.5. The average molecular weight is 234 g/mol. The van der Waals surface area contributed by atoms with E-state index in [0.717, 1.165) is 30.4 Å². The summed E-state index contributed by atoms with van der Waals surface area (Å²) in [6, 6.07) is 0. The number of aromatic nitrogens is 2. The highest BCUT2D eigenvalue weighted by atomic mass is 16.3. The van der Waals surface area contributed by atoms with Crippen molar-refractivity contribution >= 4 is 0 Å². The molecule has 2 bridgehead atoms. The summed E-state index contributed by atoms with van der Waals surface area (Å²) in [7, 11) is 0. The highest BCUT2D eigenvalue weighted by Crippen LogP contribution is 2.52. The van der Waals surface area contributed by atoms with E-state index in [1.807, 2.05) is 17.1 Å². The summed E-state index contributed by atoms with van der Waals surface area (Å²) in [6.07, 6.45) is 9.99. The number of hydrogen-bond acceptors (Lipinski definition) is 2. The molecule has 0 aromatic carbocycles. The summed E-state index contributed by atoms with van der Waals surface area (Å²) in [5, 5.41) is 14.8. The maximum absolute atomic E-state index is 10.5. The van der Waals surface area contributed by atoms with Gasteiger partial charge in [0, 0.05) is 18.3 Å². The van der Waals surface area contributed by atoms with Crippen molar-refractivity contribution in [1.29, 1.82) is 0 Å². The van der Waals surface area contributed by atoms with E-state index in [1.165, 1.54) is 25.7 Å². The minimum Gasteiger partial charge on any atom is -0.388 e. The fraction of sp³-hybridized carbons (Fsp3) is 0.786. The molecule has 0 radical (unpaired) electrons. The third kappa shape index (κ3) is 2.01.